The molecule has 0 radical (unpaired) electrons. The summed E-state index contributed by atoms with van der Waals surface area (Å²) in [5.41, 5.74) is 1.03. The summed E-state index contributed by atoms with van der Waals surface area (Å²) in [5.74, 6) is 0.0292. The van der Waals surface area contributed by atoms with Crippen LogP contribution in [0.2, 0.25) is 0 Å². The van der Waals surface area contributed by atoms with Crippen molar-refractivity contribution < 1.29 is 14.0 Å². The second kappa shape index (κ2) is 9.47. The third-order valence-corrected chi connectivity index (χ3v) is 5.94. The van der Waals surface area contributed by atoms with Crippen LogP contribution in [0.15, 0.2) is 24.3 Å². The molecule has 0 aromatic heterocycles. The zero-order chi connectivity index (χ0) is 20.1. The summed E-state index contributed by atoms with van der Waals surface area (Å²) in [7, 11) is 0. The molecule has 3 atom stereocenters. The largest absolute Gasteiger partial charge is 0.353 e. The number of nitrogens with zero attached hydrogens (tertiary/aromatic N) is 2. The predicted octanol–water partition coefficient (Wildman–Crippen LogP) is 1.51. The number of piperazine rings is 1. The van der Waals surface area contributed by atoms with Gasteiger partial charge in [-0.2, -0.15) is 0 Å². The van der Waals surface area contributed by atoms with E-state index in [-0.39, 0.29) is 35.8 Å². The molecule has 2 saturated heterocycles. The maximum Gasteiger partial charge on any atom is 0.237 e. The van der Waals surface area contributed by atoms with Gasteiger partial charge in [-0.1, -0.05) is 12.1 Å². The summed E-state index contributed by atoms with van der Waals surface area (Å²) in [6.45, 7) is 7.51. The van der Waals surface area contributed by atoms with E-state index in [9.17, 15) is 14.0 Å². The molecule has 7 heteroatoms. The van der Waals surface area contributed by atoms with Gasteiger partial charge in [-0.15, -0.1) is 0 Å². The molecule has 2 N–H and O–H groups in total. The van der Waals surface area contributed by atoms with Crippen molar-refractivity contribution in [2.24, 2.45) is 0 Å². The number of rotatable bonds is 8. The molecule has 6 nitrogen and oxygen atoms in total. The Morgan fingerprint density at radius 1 is 1.29 bits per heavy atom. The highest BCUT2D eigenvalue weighted by Gasteiger charge is 2.43. The first-order valence-corrected chi connectivity index (χ1v) is 10.3. The van der Waals surface area contributed by atoms with Crippen molar-refractivity contribution in [1.29, 1.82) is 0 Å². The van der Waals surface area contributed by atoms with Crippen molar-refractivity contribution in [3.05, 3.63) is 35.6 Å². The minimum Gasteiger partial charge on any atom is -0.353 e. The Hall–Kier alpha value is -1.99. The molecule has 2 amide bonds. The lowest BCUT2D eigenvalue weighted by atomic mass is 10.0. The fourth-order valence-corrected chi connectivity index (χ4v) is 4.28. The van der Waals surface area contributed by atoms with Crippen molar-refractivity contribution in [2.45, 2.75) is 57.8 Å². The molecule has 0 aliphatic carbocycles. The maximum atomic E-state index is 13.0. The van der Waals surface area contributed by atoms with Gasteiger partial charge in [0.15, 0.2) is 0 Å². The Kier molecular flexibility index (Phi) is 7.02. The monoisotopic (exact) mass is 390 g/mol. The van der Waals surface area contributed by atoms with E-state index >= 15 is 0 Å². The highest BCUT2D eigenvalue weighted by atomic mass is 19.1. The van der Waals surface area contributed by atoms with E-state index in [2.05, 4.69) is 15.5 Å². The van der Waals surface area contributed by atoms with E-state index in [1.165, 1.54) is 12.1 Å². The molecule has 1 aromatic rings. The highest BCUT2D eigenvalue weighted by molar-refractivity contribution is 5.83. The second-order valence-corrected chi connectivity index (χ2v) is 7.66. The van der Waals surface area contributed by atoms with Crippen LogP contribution in [0.1, 0.15) is 38.7 Å². The van der Waals surface area contributed by atoms with E-state index in [4.69, 9.17) is 0 Å². The molecule has 2 fully saturated rings. The fraction of sp³-hybridized carbons (Fsp3) is 0.619. The van der Waals surface area contributed by atoms with Gasteiger partial charge in [0, 0.05) is 51.2 Å². The van der Waals surface area contributed by atoms with Crippen LogP contribution in [0.25, 0.3) is 0 Å². The molecule has 154 valence electrons. The third kappa shape index (κ3) is 4.89. The average Bonchev–Trinajstić information content (AvgIpc) is 3.13. The molecule has 2 aliphatic heterocycles. The Bertz CT molecular complexity index is 677. The first-order chi connectivity index (χ1) is 13.5. The standard InChI is InChI=1S/C21H31FN4O2/c1-3-25(4-2)20(27)10-9-18-13-24-21(28)19-11-17(14-26(18)19)23-12-15-5-7-16(22)8-6-15/h5-8,17-19,23H,3-4,9-14H2,1-2H3,(H,24,28)/t17-,18+,19-/m0/s1. The quantitative estimate of drug-likeness (QED) is 0.706. The van der Waals surface area contributed by atoms with Gasteiger partial charge in [0.25, 0.3) is 0 Å². The van der Waals surface area contributed by atoms with Gasteiger partial charge in [0.1, 0.15) is 5.82 Å². The average molecular weight is 391 g/mol. The molecular formula is C21H31FN4O2. The third-order valence-electron chi connectivity index (χ3n) is 5.94. The van der Waals surface area contributed by atoms with E-state index < -0.39 is 0 Å². The molecule has 2 aliphatic rings. The number of fused-ring (bicyclic) bond motifs is 1. The summed E-state index contributed by atoms with van der Waals surface area (Å²) in [4.78, 5) is 28.8. The molecule has 1 aromatic carbocycles. The molecule has 28 heavy (non-hydrogen) atoms. The van der Waals surface area contributed by atoms with E-state index in [0.29, 0.717) is 19.5 Å². The number of hydrogen-bond donors (Lipinski definition) is 2. The van der Waals surface area contributed by atoms with Gasteiger partial charge in [0.05, 0.1) is 6.04 Å². The first kappa shape index (κ1) is 20.7. The normalized spacial score (nSPS) is 24.7. The maximum absolute atomic E-state index is 13.0. The number of carbonyl (C=O) groups excluding carboxylic acids is 2. The lowest BCUT2D eigenvalue weighted by molar-refractivity contribution is -0.132. The van der Waals surface area contributed by atoms with Gasteiger partial charge in [-0.3, -0.25) is 14.5 Å². The van der Waals surface area contributed by atoms with Crippen molar-refractivity contribution in [3.8, 4) is 0 Å². The summed E-state index contributed by atoms with van der Waals surface area (Å²) in [6.07, 6.45) is 2.03. The van der Waals surface area contributed by atoms with E-state index in [0.717, 1.165) is 38.0 Å². The molecule has 0 unspecified atom stereocenters. The number of halogens is 1. The van der Waals surface area contributed by atoms with Crippen LogP contribution in [0.5, 0.6) is 0 Å². The molecule has 0 spiro atoms. The van der Waals surface area contributed by atoms with Gasteiger partial charge < -0.3 is 15.5 Å². The number of carbonyl (C=O) groups is 2. The van der Waals surface area contributed by atoms with Crippen LogP contribution in [-0.4, -0.2) is 65.9 Å². The number of benzene rings is 1. The molecule has 3 rings (SSSR count). The van der Waals surface area contributed by atoms with Crippen molar-refractivity contribution in [2.75, 3.05) is 26.2 Å². The van der Waals surface area contributed by atoms with Crippen molar-refractivity contribution in [1.82, 2.24) is 20.4 Å². The van der Waals surface area contributed by atoms with Crippen LogP contribution in [0.4, 0.5) is 4.39 Å². The molecule has 2 heterocycles. The van der Waals surface area contributed by atoms with Gasteiger partial charge in [-0.25, -0.2) is 4.39 Å². The Balaban J connectivity index is 1.54. The topological polar surface area (TPSA) is 64.7 Å². The van der Waals surface area contributed by atoms with Crippen LogP contribution in [-0.2, 0) is 16.1 Å². The van der Waals surface area contributed by atoms with Crippen LogP contribution < -0.4 is 10.6 Å². The Morgan fingerprint density at radius 2 is 2.00 bits per heavy atom. The lowest BCUT2D eigenvalue weighted by Gasteiger charge is -2.37. The van der Waals surface area contributed by atoms with Crippen LogP contribution in [0.3, 0.4) is 0 Å². The van der Waals surface area contributed by atoms with Crippen molar-refractivity contribution in [3.63, 3.8) is 0 Å². The lowest BCUT2D eigenvalue weighted by Crippen LogP contribution is -2.58. The smallest absolute Gasteiger partial charge is 0.237 e. The minimum atomic E-state index is -0.236. The summed E-state index contributed by atoms with van der Waals surface area (Å²) < 4.78 is 13.0. The van der Waals surface area contributed by atoms with Crippen LogP contribution >= 0.6 is 0 Å². The van der Waals surface area contributed by atoms with Gasteiger partial charge in [0.2, 0.25) is 11.8 Å². The molecular weight excluding hydrogens is 359 g/mol. The summed E-state index contributed by atoms with van der Waals surface area (Å²) in [6, 6.07) is 6.75. The van der Waals surface area contributed by atoms with E-state index in [1.807, 2.05) is 18.7 Å². The Labute approximate surface area is 166 Å². The zero-order valence-corrected chi connectivity index (χ0v) is 16.8. The fourth-order valence-electron chi connectivity index (χ4n) is 4.28. The number of hydrogen-bond acceptors (Lipinski definition) is 4. The Morgan fingerprint density at radius 3 is 2.68 bits per heavy atom. The second-order valence-electron chi connectivity index (χ2n) is 7.66. The van der Waals surface area contributed by atoms with Crippen molar-refractivity contribution >= 4 is 11.8 Å². The van der Waals surface area contributed by atoms with Gasteiger partial charge >= 0.3 is 0 Å². The summed E-state index contributed by atoms with van der Waals surface area (Å²) in [5, 5.41) is 6.51. The van der Waals surface area contributed by atoms with E-state index in [1.54, 1.807) is 12.1 Å². The minimum absolute atomic E-state index is 0.0809. The molecule has 0 saturated carbocycles. The van der Waals surface area contributed by atoms with Crippen LogP contribution in [0, 0.1) is 5.82 Å². The first-order valence-electron chi connectivity index (χ1n) is 10.3. The number of amides is 2. The van der Waals surface area contributed by atoms with Gasteiger partial charge in [-0.05, 0) is 44.4 Å². The SMILES string of the molecule is CCN(CC)C(=O)CC[C@@H]1CNC(=O)[C@@H]2C[C@H](NCc3ccc(F)cc3)CN12. The zero-order valence-electron chi connectivity index (χ0n) is 16.8. The highest BCUT2D eigenvalue weighted by Crippen LogP contribution is 2.26. The summed E-state index contributed by atoms with van der Waals surface area (Å²) >= 11 is 0. The number of nitrogens with one attached hydrogen (secondary N) is 2. The molecule has 0 bridgehead atoms. The predicted molar refractivity (Wildman–Crippen MR) is 106 cm³/mol.